The fourth-order valence-electron chi connectivity index (χ4n) is 3.73. The fourth-order valence-corrected chi connectivity index (χ4v) is 5.05. The molecule has 2 fully saturated rings. The number of aryl methyl sites for hydroxylation is 1. The second-order valence-electron chi connectivity index (χ2n) is 6.95. The van der Waals surface area contributed by atoms with Gasteiger partial charge in [0.1, 0.15) is 4.83 Å². The molecule has 2 saturated heterocycles. The van der Waals surface area contributed by atoms with Crippen molar-refractivity contribution in [2.24, 2.45) is 4.99 Å². The number of thiophene rings is 1. The molecule has 146 valence electrons. The Morgan fingerprint density at radius 1 is 1.33 bits per heavy atom. The van der Waals surface area contributed by atoms with Crippen molar-refractivity contribution in [3.63, 3.8) is 0 Å². The van der Waals surface area contributed by atoms with Crippen molar-refractivity contribution >= 4 is 27.5 Å². The van der Waals surface area contributed by atoms with E-state index in [2.05, 4.69) is 15.2 Å². The third-order valence-corrected chi connectivity index (χ3v) is 6.70. The zero-order valence-electron chi connectivity index (χ0n) is 15.9. The van der Waals surface area contributed by atoms with Gasteiger partial charge in [0.2, 0.25) is 0 Å². The van der Waals surface area contributed by atoms with Crippen LogP contribution in [0.4, 0.5) is 0 Å². The Hall–Kier alpha value is -2.13. The van der Waals surface area contributed by atoms with Crippen LogP contribution in [-0.4, -0.2) is 52.8 Å². The topological polar surface area (TPSA) is 80.9 Å². The van der Waals surface area contributed by atoms with Crippen LogP contribution in [0.1, 0.15) is 23.8 Å². The molecule has 1 N–H and O–H groups in total. The van der Waals surface area contributed by atoms with E-state index in [0.717, 1.165) is 47.3 Å². The van der Waals surface area contributed by atoms with Crippen LogP contribution in [0.3, 0.4) is 0 Å². The Morgan fingerprint density at radius 3 is 2.74 bits per heavy atom. The number of nitrogens with one attached hydrogen (secondary N) is 1. The van der Waals surface area contributed by atoms with Crippen LogP contribution in [-0.2, 0) is 24.4 Å². The lowest BCUT2D eigenvalue weighted by Gasteiger charge is -2.27. The van der Waals surface area contributed by atoms with E-state index in [1.54, 1.807) is 23.0 Å². The monoisotopic (exact) mass is 391 g/mol. The Bertz CT molecular complexity index is 1010. The maximum absolute atomic E-state index is 13.0. The van der Waals surface area contributed by atoms with Gasteiger partial charge in [-0.1, -0.05) is 0 Å². The van der Waals surface area contributed by atoms with Crippen LogP contribution >= 0.6 is 11.3 Å². The van der Waals surface area contributed by atoms with Crippen molar-refractivity contribution < 1.29 is 4.74 Å². The summed E-state index contributed by atoms with van der Waals surface area (Å²) < 4.78 is 8.61. The molecule has 4 rings (SSSR count). The molecule has 0 bridgehead atoms. The standard InChI is InChI=1S/C18H25N5O3S/c1-4-22-15(24)14-11(2)13(10-21-7-6-20-17(21)19-3)27-16(14)23(18(22)25)9-12-5-8-26-12/h12H,4-10H2,1-3H3,(H,19,20). The van der Waals surface area contributed by atoms with E-state index < -0.39 is 0 Å². The molecule has 0 saturated carbocycles. The molecule has 4 heterocycles. The average Bonchev–Trinajstić information content (AvgIpc) is 3.19. The van der Waals surface area contributed by atoms with Crippen LogP contribution in [0.25, 0.3) is 10.2 Å². The molecule has 0 spiro atoms. The van der Waals surface area contributed by atoms with Gasteiger partial charge in [0.15, 0.2) is 5.96 Å². The van der Waals surface area contributed by atoms with Crippen molar-refractivity contribution in [2.75, 3.05) is 26.7 Å². The molecule has 1 unspecified atom stereocenters. The lowest BCUT2D eigenvalue weighted by Crippen LogP contribution is -2.43. The van der Waals surface area contributed by atoms with Crippen LogP contribution in [0, 0.1) is 6.92 Å². The third kappa shape index (κ3) is 2.98. The molecule has 1 atom stereocenters. The maximum Gasteiger partial charge on any atom is 0.332 e. The Balaban J connectivity index is 1.84. The molecule has 2 aliphatic rings. The van der Waals surface area contributed by atoms with E-state index in [0.29, 0.717) is 25.0 Å². The summed E-state index contributed by atoms with van der Waals surface area (Å²) in [6.07, 6.45) is 1.01. The molecule has 9 heteroatoms. The lowest BCUT2D eigenvalue weighted by molar-refractivity contribution is -0.0593. The van der Waals surface area contributed by atoms with Gasteiger partial charge in [-0.3, -0.25) is 18.9 Å². The van der Waals surface area contributed by atoms with Crippen LogP contribution < -0.4 is 16.6 Å². The van der Waals surface area contributed by atoms with E-state index >= 15 is 0 Å². The first-order valence-corrected chi connectivity index (χ1v) is 10.2. The minimum absolute atomic E-state index is 0.0566. The van der Waals surface area contributed by atoms with E-state index in [1.807, 2.05) is 13.8 Å². The van der Waals surface area contributed by atoms with Crippen molar-refractivity contribution in [2.45, 2.75) is 46.0 Å². The smallest absolute Gasteiger partial charge is 0.332 e. The first-order valence-electron chi connectivity index (χ1n) is 9.38. The van der Waals surface area contributed by atoms with Gasteiger partial charge >= 0.3 is 5.69 Å². The van der Waals surface area contributed by atoms with Gasteiger partial charge in [-0.25, -0.2) is 4.79 Å². The largest absolute Gasteiger partial charge is 0.376 e. The molecule has 2 aromatic rings. The number of nitrogens with zero attached hydrogens (tertiary/aromatic N) is 4. The van der Waals surface area contributed by atoms with E-state index in [-0.39, 0.29) is 17.4 Å². The van der Waals surface area contributed by atoms with Crippen molar-refractivity contribution in [3.05, 3.63) is 31.3 Å². The Kier molecular flexibility index (Phi) is 4.81. The first kappa shape index (κ1) is 18.2. The zero-order valence-corrected chi connectivity index (χ0v) is 16.8. The molecule has 2 aromatic heterocycles. The van der Waals surface area contributed by atoms with Crippen molar-refractivity contribution in [1.29, 1.82) is 0 Å². The molecular weight excluding hydrogens is 366 g/mol. The molecule has 2 aliphatic heterocycles. The molecule has 0 radical (unpaired) electrons. The number of ether oxygens (including phenoxy) is 1. The van der Waals surface area contributed by atoms with Crippen LogP contribution in [0.5, 0.6) is 0 Å². The van der Waals surface area contributed by atoms with Gasteiger partial charge in [-0.05, 0) is 25.8 Å². The van der Waals surface area contributed by atoms with Gasteiger partial charge < -0.3 is 15.0 Å². The summed E-state index contributed by atoms with van der Waals surface area (Å²) in [7, 11) is 1.77. The summed E-state index contributed by atoms with van der Waals surface area (Å²) in [5.74, 6) is 0.873. The van der Waals surface area contributed by atoms with Crippen LogP contribution in [0.2, 0.25) is 0 Å². The van der Waals surface area contributed by atoms with Gasteiger partial charge in [-0.2, -0.15) is 0 Å². The summed E-state index contributed by atoms with van der Waals surface area (Å²) in [6.45, 7) is 7.85. The van der Waals surface area contributed by atoms with Crippen LogP contribution in [0.15, 0.2) is 14.6 Å². The third-order valence-electron chi connectivity index (χ3n) is 5.40. The number of hydrogen-bond donors (Lipinski definition) is 1. The lowest BCUT2D eigenvalue weighted by atomic mass is 10.2. The summed E-state index contributed by atoms with van der Waals surface area (Å²) in [5, 5.41) is 3.93. The summed E-state index contributed by atoms with van der Waals surface area (Å²) in [4.78, 5) is 34.2. The number of aromatic nitrogens is 2. The van der Waals surface area contributed by atoms with E-state index in [4.69, 9.17) is 4.74 Å². The van der Waals surface area contributed by atoms with E-state index in [1.165, 1.54) is 4.57 Å². The average molecular weight is 391 g/mol. The Morgan fingerprint density at radius 2 is 2.11 bits per heavy atom. The second-order valence-corrected chi connectivity index (χ2v) is 8.03. The molecule has 0 aromatic carbocycles. The SMILES string of the molecule is CCn1c(=O)c2c(C)c(CN3CCN/C3=N\C)sc2n(CC2CCO2)c1=O. The molecule has 0 amide bonds. The minimum Gasteiger partial charge on any atom is -0.376 e. The first-order chi connectivity index (χ1) is 13.0. The number of rotatable bonds is 5. The highest BCUT2D eigenvalue weighted by molar-refractivity contribution is 7.18. The number of hydrogen-bond acceptors (Lipinski definition) is 5. The predicted octanol–water partition coefficient (Wildman–Crippen LogP) is 0.733. The van der Waals surface area contributed by atoms with E-state index in [9.17, 15) is 9.59 Å². The zero-order chi connectivity index (χ0) is 19.1. The van der Waals surface area contributed by atoms with Gasteiger partial charge in [-0.15, -0.1) is 11.3 Å². The Labute approximate surface area is 161 Å². The van der Waals surface area contributed by atoms with Gasteiger partial charge in [0, 0.05) is 38.2 Å². The fraction of sp³-hybridized carbons (Fsp3) is 0.611. The number of aliphatic imine (C=N–C) groups is 1. The predicted molar refractivity (Wildman–Crippen MR) is 107 cm³/mol. The molecular formula is C18H25N5O3S. The highest BCUT2D eigenvalue weighted by Crippen LogP contribution is 2.30. The minimum atomic E-state index is -0.239. The maximum atomic E-state index is 13.0. The summed E-state index contributed by atoms with van der Waals surface area (Å²) >= 11 is 1.54. The molecule has 0 aliphatic carbocycles. The molecule has 27 heavy (non-hydrogen) atoms. The van der Waals surface area contributed by atoms with Crippen molar-refractivity contribution in [1.82, 2.24) is 19.4 Å². The number of guanidine groups is 1. The summed E-state index contributed by atoms with van der Waals surface area (Å²) in [5.41, 5.74) is 0.539. The highest BCUT2D eigenvalue weighted by Gasteiger charge is 2.26. The quantitative estimate of drug-likeness (QED) is 0.813. The van der Waals surface area contributed by atoms with Crippen molar-refractivity contribution in [3.8, 4) is 0 Å². The second kappa shape index (κ2) is 7.12. The van der Waals surface area contributed by atoms with Gasteiger partial charge in [0.05, 0.1) is 24.6 Å². The normalized spacial score (nSPS) is 21.1. The summed E-state index contributed by atoms with van der Waals surface area (Å²) in [6, 6.07) is 0. The number of fused-ring (bicyclic) bond motifs is 1. The highest BCUT2D eigenvalue weighted by atomic mass is 32.1. The van der Waals surface area contributed by atoms with Gasteiger partial charge in [0.25, 0.3) is 5.56 Å². The molecule has 8 nitrogen and oxygen atoms in total.